The van der Waals surface area contributed by atoms with Gasteiger partial charge in [0.05, 0.1) is 5.41 Å². The molecule has 0 aromatic carbocycles. The van der Waals surface area contributed by atoms with Crippen LogP contribution >= 0.6 is 11.8 Å². The number of thioether (sulfide) groups is 1. The van der Waals surface area contributed by atoms with E-state index in [4.69, 9.17) is 5.73 Å². The smallest absolute Gasteiger partial charge is 0.230 e. The quantitative estimate of drug-likeness (QED) is 0.769. The Labute approximate surface area is 95.8 Å². The van der Waals surface area contributed by atoms with Gasteiger partial charge in [-0.3, -0.25) is 4.79 Å². The molecule has 0 unspecified atom stereocenters. The van der Waals surface area contributed by atoms with Gasteiger partial charge in [-0.25, -0.2) is 0 Å². The fourth-order valence-corrected chi connectivity index (χ4v) is 3.29. The van der Waals surface area contributed by atoms with Gasteiger partial charge in [-0.2, -0.15) is 11.8 Å². The molecule has 0 spiro atoms. The van der Waals surface area contributed by atoms with Gasteiger partial charge in [0, 0.05) is 30.1 Å². The zero-order valence-corrected chi connectivity index (χ0v) is 10.4. The van der Waals surface area contributed by atoms with Crippen LogP contribution < -0.4 is 5.73 Å². The van der Waals surface area contributed by atoms with E-state index in [0.717, 1.165) is 31.7 Å². The first kappa shape index (κ1) is 11.3. The van der Waals surface area contributed by atoms with Gasteiger partial charge >= 0.3 is 0 Å². The molecule has 86 valence electrons. The summed E-state index contributed by atoms with van der Waals surface area (Å²) < 4.78 is 0.207. The number of carbonyl (C=O) groups is 1. The summed E-state index contributed by atoms with van der Waals surface area (Å²) in [5.41, 5.74) is 5.52. The summed E-state index contributed by atoms with van der Waals surface area (Å²) in [4.78, 5) is 14.3. The molecule has 2 aliphatic rings. The zero-order valence-electron chi connectivity index (χ0n) is 9.58. The summed E-state index contributed by atoms with van der Waals surface area (Å²) in [5, 5.41) is 0. The number of nitrogens with two attached hydrogens (primary N) is 1. The van der Waals surface area contributed by atoms with Gasteiger partial charge in [0.25, 0.3) is 0 Å². The molecule has 3 nitrogen and oxygen atoms in total. The van der Waals surface area contributed by atoms with Crippen LogP contribution in [0.1, 0.15) is 26.7 Å². The highest BCUT2D eigenvalue weighted by molar-refractivity contribution is 8.00. The molecule has 1 saturated carbocycles. The van der Waals surface area contributed by atoms with Crippen molar-refractivity contribution in [1.82, 2.24) is 4.90 Å². The van der Waals surface area contributed by atoms with Crippen LogP contribution in [0.25, 0.3) is 0 Å². The van der Waals surface area contributed by atoms with Crippen molar-refractivity contribution in [3.63, 3.8) is 0 Å². The van der Waals surface area contributed by atoms with E-state index < -0.39 is 0 Å². The minimum atomic E-state index is -0.169. The molecular formula is C11H20N2OS. The van der Waals surface area contributed by atoms with Crippen molar-refractivity contribution in [3.05, 3.63) is 0 Å². The second-order valence-electron chi connectivity index (χ2n) is 5.32. The van der Waals surface area contributed by atoms with Crippen molar-refractivity contribution in [1.29, 1.82) is 0 Å². The molecule has 2 rings (SSSR count). The van der Waals surface area contributed by atoms with Crippen LogP contribution in [0.5, 0.6) is 0 Å². The second kappa shape index (κ2) is 3.67. The molecule has 1 amide bonds. The van der Waals surface area contributed by atoms with Gasteiger partial charge in [-0.05, 0) is 26.7 Å². The average Bonchev–Trinajstić information content (AvgIpc) is 2.96. The number of carbonyl (C=O) groups excluding carboxylic acids is 1. The molecule has 0 radical (unpaired) electrons. The molecule has 1 saturated heterocycles. The normalized spacial score (nSPS) is 27.5. The summed E-state index contributed by atoms with van der Waals surface area (Å²) in [6, 6.07) is 0. The van der Waals surface area contributed by atoms with Crippen molar-refractivity contribution in [3.8, 4) is 0 Å². The van der Waals surface area contributed by atoms with E-state index >= 15 is 0 Å². The molecule has 4 heteroatoms. The number of hydrogen-bond acceptors (Lipinski definition) is 3. The fourth-order valence-electron chi connectivity index (χ4n) is 2.18. The molecule has 0 atom stereocenters. The van der Waals surface area contributed by atoms with Crippen molar-refractivity contribution in [2.24, 2.45) is 11.1 Å². The highest BCUT2D eigenvalue weighted by Gasteiger charge is 2.51. The Hall–Kier alpha value is -0.220. The van der Waals surface area contributed by atoms with Crippen LogP contribution in [0.4, 0.5) is 0 Å². The third-order valence-corrected chi connectivity index (χ3v) is 4.71. The molecule has 1 aliphatic carbocycles. The molecule has 15 heavy (non-hydrogen) atoms. The van der Waals surface area contributed by atoms with Crippen molar-refractivity contribution in [2.45, 2.75) is 31.4 Å². The number of hydrogen-bond donors (Lipinski definition) is 1. The van der Waals surface area contributed by atoms with E-state index in [1.165, 1.54) is 0 Å². The summed E-state index contributed by atoms with van der Waals surface area (Å²) in [6.07, 6.45) is 1.98. The van der Waals surface area contributed by atoms with Crippen LogP contribution in [0, 0.1) is 5.41 Å². The van der Waals surface area contributed by atoms with Crippen LogP contribution in [0.15, 0.2) is 0 Å². The lowest BCUT2D eigenvalue weighted by Crippen LogP contribution is -2.50. The van der Waals surface area contributed by atoms with Gasteiger partial charge in [-0.1, -0.05) is 0 Å². The van der Waals surface area contributed by atoms with Gasteiger partial charge in [0.15, 0.2) is 0 Å². The lowest BCUT2D eigenvalue weighted by molar-refractivity contribution is -0.136. The molecule has 0 aromatic heterocycles. The maximum atomic E-state index is 12.2. The highest BCUT2D eigenvalue weighted by atomic mass is 32.2. The van der Waals surface area contributed by atoms with Crippen molar-refractivity contribution in [2.75, 3.05) is 25.4 Å². The minimum Gasteiger partial charge on any atom is -0.340 e. The van der Waals surface area contributed by atoms with E-state index in [1.54, 1.807) is 0 Å². The van der Waals surface area contributed by atoms with E-state index in [2.05, 4.69) is 13.8 Å². The molecule has 0 bridgehead atoms. The Balaban J connectivity index is 2.02. The Bertz CT molecular complexity index is 274. The third kappa shape index (κ3) is 2.16. The number of nitrogens with zero attached hydrogens (tertiary/aromatic N) is 1. The second-order valence-corrected chi connectivity index (χ2v) is 7.12. The van der Waals surface area contributed by atoms with Crippen LogP contribution in [-0.4, -0.2) is 40.9 Å². The standard InChI is InChI=1S/C11H20N2OS/c1-10(2)8-13(5-6-15-10)9(14)11(7-12)3-4-11/h3-8,12H2,1-2H3. The fraction of sp³-hybridized carbons (Fsp3) is 0.909. The maximum absolute atomic E-state index is 12.2. The van der Waals surface area contributed by atoms with Gasteiger partial charge in [-0.15, -0.1) is 0 Å². The van der Waals surface area contributed by atoms with Crippen LogP contribution in [0.3, 0.4) is 0 Å². The largest absolute Gasteiger partial charge is 0.340 e. The van der Waals surface area contributed by atoms with Crippen molar-refractivity contribution >= 4 is 17.7 Å². The summed E-state index contributed by atoms with van der Waals surface area (Å²) in [5.74, 6) is 1.36. The molecule has 2 N–H and O–H groups in total. The molecule has 1 aliphatic heterocycles. The zero-order chi connectivity index (χ0) is 11.1. The Morgan fingerprint density at radius 1 is 1.47 bits per heavy atom. The molecule has 1 heterocycles. The van der Waals surface area contributed by atoms with Gasteiger partial charge < -0.3 is 10.6 Å². The van der Waals surface area contributed by atoms with Crippen LogP contribution in [-0.2, 0) is 4.79 Å². The average molecular weight is 228 g/mol. The van der Waals surface area contributed by atoms with Crippen molar-refractivity contribution < 1.29 is 4.79 Å². The minimum absolute atomic E-state index is 0.169. The Morgan fingerprint density at radius 2 is 2.13 bits per heavy atom. The summed E-state index contributed by atoms with van der Waals surface area (Å²) in [6.45, 7) is 6.71. The lowest BCUT2D eigenvalue weighted by Gasteiger charge is -2.39. The molecule has 0 aromatic rings. The number of amides is 1. The first-order valence-corrected chi connectivity index (χ1v) is 6.61. The predicted molar refractivity (Wildman–Crippen MR) is 63.8 cm³/mol. The number of rotatable bonds is 2. The van der Waals surface area contributed by atoms with E-state index in [-0.39, 0.29) is 10.2 Å². The Kier molecular flexibility index (Phi) is 2.75. The highest BCUT2D eigenvalue weighted by Crippen LogP contribution is 2.47. The van der Waals surface area contributed by atoms with E-state index in [9.17, 15) is 4.79 Å². The molecule has 2 fully saturated rings. The first-order chi connectivity index (χ1) is 6.99. The molecular weight excluding hydrogens is 208 g/mol. The topological polar surface area (TPSA) is 46.3 Å². The summed E-state index contributed by atoms with van der Waals surface area (Å²) in [7, 11) is 0. The van der Waals surface area contributed by atoms with Gasteiger partial charge in [0.1, 0.15) is 0 Å². The maximum Gasteiger partial charge on any atom is 0.230 e. The van der Waals surface area contributed by atoms with E-state index in [0.29, 0.717) is 12.5 Å². The SMILES string of the molecule is CC1(C)CN(C(=O)C2(CN)CC2)CCS1. The van der Waals surface area contributed by atoms with E-state index in [1.807, 2.05) is 16.7 Å². The third-order valence-electron chi connectivity index (χ3n) is 3.41. The monoisotopic (exact) mass is 228 g/mol. The Morgan fingerprint density at radius 3 is 2.60 bits per heavy atom. The summed E-state index contributed by atoms with van der Waals surface area (Å²) >= 11 is 1.96. The van der Waals surface area contributed by atoms with Gasteiger partial charge in [0.2, 0.25) is 5.91 Å². The predicted octanol–water partition coefficient (Wildman–Crippen LogP) is 1.08. The lowest BCUT2D eigenvalue weighted by atomic mass is 10.0. The van der Waals surface area contributed by atoms with Crippen LogP contribution in [0.2, 0.25) is 0 Å². The first-order valence-electron chi connectivity index (χ1n) is 5.63.